The summed E-state index contributed by atoms with van der Waals surface area (Å²) in [7, 11) is 0. The van der Waals surface area contributed by atoms with Crippen molar-refractivity contribution in [2.45, 2.75) is 9.92 Å². The fourth-order valence-corrected chi connectivity index (χ4v) is 3.16. The van der Waals surface area contributed by atoms with Gasteiger partial charge in [-0.2, -0.15) is 10.2 Å². The molecule has 0 aliphatic rings. The Morgan fingerprint density at radius 3 is 2.00 bits per heavy atom. The third kappa shape index (κ3) is 9.37. The Kier molecular flexibility index (Phi) is 11.2. The van der Waals surface area contributed by atoms with Gasteiger partial charge in [0.1, 0.15) is 20.0 Å². The van der Waals surface area contributed by atoms with E-state index in [9.17, 15) is 0 Å². The van der Waals surface area contributed by atoms with Crippen molar-refractivity contribution in [2.75, 3.05) is 11.5 Å². The minimum atomic E-state index is 0.245. The highest BCUT2D eigenvalue weighted by Gasteiger charge is 2.09. The number of nitrogens with zero attached hydrogens (tertiary/aromatic N) is 7. The lowest BCUT2D eigenvalue weighted by molar-refractivity contribution is 0.993. The largest absolute Gasteiger partial charge is 0.381 e. The van der Waals surface area contributed by atoms with Gasteiger partial charge in [0, 0.05) is 6.20 Å². The van der Waals surface area contributed by atoms with E-state index in [1.807, 2.05) is 0 Å². The lowest BCUT2D eigenvalue weighted by Gasteiger charge is -2.03. The number of nitrogens with one attached hydrogen (secondary N) is 1. The Labute approximate surface area is 221 Å². The van der Waals surface area contributed by atoms with Crippen LogP contribution < -0.4 is 11.5 Å². The number of aromatic nitrogens is 8. The van der Waals surface area contributed by atoms with Crippen LogP contribution in [0.5, 0.6) is 0 Å². The van der Waals surface area contributed by atoms with Crippen LogP contribution in [-0.4, -0.2) is 40.3 Å². The number of H-pyrrole nitrogens is 1. The van der Waals surface area contributed by atoms with Crippen molar-refractivity contribution in [3.05, 3.63) is 67.2 Å². The average Bonchev–Trinajstić information content (AvgIpc) is 2.77. The standard InChI is InChI=1S/C8H5Cl2N5S.C4H2Cl2N2.C4H4ClN3S/c9-5-3-12-8(7(11)14-5)16-4-1-2-13-15-6(4)10;5-3-1-2-7-8-4(3)6;5-2-1-7-4(9)3(6)8-2/h1-3H,(H2,11,14);1-2H;1H,(H2,6,8)(H,7,9). The molecule has 0 aliphatic carbocycles. The van der Waals surface area contributed by atoms with Crippen LogP contribution in [0.15, 0.2) is 46.8 Å². The minimum absolute atomic E-state index is 0.245. The zero-order valence-electron chi connectivity index (χ0n) is 16.0. The minimum Gasteiger partial charge on any atom is -0.381 e. The Morgan fingerprint density at radius 1 is 0.848 bits per heavy atom. The topological polar surface area (TPSA) is 158 Å². The van der Waals surface area contributed by atoms with E-state index < -0.39 is 0 Å². The van der Waals surface area contributed by atoms with Crippen LogP contribution >= 0.6 is 82.0 Å². The summed E-state index contributed by atoms with van der Waals surface area (Å²) in [6.07, 6.45) is 5.92. The zero-order valence-corrected chi connectivity index (χ0v) is 21.4. The van der Waals surface area contributed by atoms with Crippen LogP contribution in [-0.2, 0) is 0 Å². The molecule has 4 rings (SSSR count). The Hall–Kier alpha value is -2.06. The van der Waals surface area contributed by atoms with Crippen LogP contribution in [0, 0.1) is 4.64 Å². The summed E-state index contributed by atoms with van der Waals surface area (Å²) in [6, 6.07) is 3.30. The molecule has 0 fully saturated rings. The van der Waals surface area contributed by atoms with E-state index in [2.05, 4.69) is 40.3 Å². The monoisotopic (exact) mass is 582 g/mol. The van der Waals surface area contributed by atoms with E-state index in [4.69, 9.17) is 81.7 Å². The fraction of sp³-hybridized carbons (Fsp3) is 0. The lowest BCUT2D eigenvalue weighted by atomic mass is 10.6. The molecule has 17 heteroatoms. The first-order chi connectivity index (χ1) is 15.7. The van der Waals surface area contributed by atoms with Crippen molar-refractivity contribution in [1.29, 1.82) is 0 Å². The van der Waals surface area contributed by atoms with Crippen LogP contribution in [0.2, 0.25) is 25.6 Å². The smallest absolute Gasteiger partial charge is 0.170 e. The Morgan fingerprint density at radius 2 is 1.48 bits per heavy atom. The molecule has 0 aromatic carbocycles. The van der Waals surface area contributed by atoms with Crippen LogP contribution in [0.1, 0.15) is 0 Å². The van der Waals surface area contributed by atoms with Gasteiger partial charge in [0.05, 0.1) is 28.5 Å². The Bertz CT molecular complexity index is 1260. The first kappa shape index (κ1) is 27.2. The average molecular weight is 585 g/mol. The number of nitrogen functional groups attached to an aromatic ring is 2. The van der Waals surface area contributed by atoms with Gasteiger partial charge in [-0.15, -0.1) is 10.2 Å². The number of anilines is 2. The van der Waals surface area contributed by atoms with Gasteiger partial charge < -0.3 is 16.5 Å². The molecule has 172 valence electrons. The molecule has 4 aromatic rings. The summed E-state index contributed by atoms with van der Waals surface area (Å²) in [6.45, 7) is 0. The summed E-state index contributed by atoms with van der Waals surface area (Å²) in [5.74, 6) is 0.517. The molecular formula is C16H11Cl5N10S2. The molecule has 0 saturated heterocycles. The van der Waals surface area contributed by atoms with E-state index in [1.165, 1.54) is 36.5 Å². The van der Waals surface area contributed by atoms with Crippen molar-refractivity contribution in [3.8, 4) is 0 Å². The molecule has 0 aliphatic heterocycles. The summed E-state index contributed by atoms with van der Waals surface area (Å²) in [5, 5.41) is 16.4. The van der Waals surface area contributed by atoms with Gasteiger partial charge in [0.25, 0.3) is 0 Å². The number of halogens is 5. The highest BCUT2D eigenvalue weighted by Crippen LogP contribution is 2.32. The van der Waals surface area contributed by atoms with Gasteiger partial charge >= 0.3 is 0 Å². The first-order valence-electron chi connectivity index (χ1n) is 8.23. The van der Waals surface area contributed by atoms with Crippen molar-refractivity contribution < 1.29 is 0 Å². The molecule has 0 saturated carbocycles. The SMILES string of the molecule is Clc1ccnnc1Cl.Nc1nc(Cl)c[nH]c1=S.Nc1nc(Cl)cnc1Sc1ccnnc1Cl. The highest BCUT2D eigenvalue weighted by molar-refractivity contribution is 7.99. The van der Waals surface area contributed by atoms with Gasteiger partial charge in [-0.25, -0.2) is 15.0 Å². The molecule has 5 N–H and O–H groups in total. The van der Waals surface area contributed by atoms with Crippen molar-refractivity contribution in [1.82, 2.24) is 40.3 Å². The molecule has 0 unspecified atom stereocenters. The second-order valence-electron chi connectivity index (χ2n) is 5.28. The molecule has 0 atom stereocenters. The number of rotatable bonds is 2. The third-order valence-corrected chi connectivity index (χ3v) is 5.83. The maximum absolute atomic E-state index is 5.85. The van der Waals surface area contributed by atoms with Gasteiger partial charge in [0.15, 0.2) is 21.9 Å². The lowest BCUT2D eigenvalue weighted by Crippen LogP contribution is -1.96. The Balaban J connectivity index is 0.000000192. The molecule has 0 spiro atoms. The van der Waals surface area contributed by atoms with E-state index in [0.717, 1.165) is 0 Å². The molecule has 0 radical (unpaired) electrons. The van der Waals surface area contributed by atoms with Crippen LogP contribution in [0.4, 0.5) is 11.6 Å². The van der Waals surface area contributed by atoms with Gasteiger partial charge in [-0.05, 0) is 12.1 Å². The maximum Gasteiger partial charge on any atom is 0.170 e. The van der Waals surface area contributed by atoms with Crippen molar-refractivity contribution in [2.24, 2.45) is 0 Å². The predicted octanol–water partition coefficient (Wildman–Crippen LogP) is 5.46. The molecule has 4 heterocycles. The molecule has 10 nitrogen and oxygen atoms in total. The van der Waals surface area contributed by atoms with Gasteiger partial charge in [0.2, 0.25) is 0 Å². The number of aromatic amines is 1. The highest BCUT2D eigenvalue weighted by atomic mass is 35.5. The second-order valence-corrected chi connectivity index (χ2v) is 8.62. The number of nitrogens with two attached hydrogens (primary N) is 2. The van der Waals surface area contributed by atoms with E-state index in [-0.39, 0.29) is 21.9 Å². The third-order valence-electron chi connectivity index (χ3n) is 3.00. The van der Waals surface area contributed by atoms with Crippen LogP contribution in [0.3, 0.4) is 0 Å². The fourth-order valence-electron chi connectivity index (χ4n) is 1.63. The molecule has 0 amide bonds. The van der Waals surface area contributed by atoms with Gasteiger partial charge in [-0.1, -0.05) is 82.0 Å². The number of hydrogen-bond donors (Lipinski definition) is 3. The molecule has 4 aromatic heterocycles. The van der Waals surface area contributed by atoms with E-state index >= 15 is 0 Å². The summed E-state index contributed by atoms with van der Waals surface area (Å²) >= 11 is 33.8. The predicted molar refractivity (Wildman–Crippen MR) is 134 cm³/mol. The quantitative estimate of drug-likeness (QED) is 0.257. The van der Waals surface area contributed by atoms with Crippen molar-refractivity contribution in [3.63, 3.8) is 0 Å². The maximum atomic E-state index is 5.85. The second kappa shape index (κ2) is 13.6. The summed E-state index contributed by atoms with van der Waals surface area (Å²) < 4.78 is 0.416. The number of hydrogen-bond acceptors (Lipinski definition) is 11. The molecule has 0 bridgehead atoms. The van der Waals surface area contributed by atoms with Gasteiger partial charge in [-0.3, -0.25) is 0 Å². The van der Waals surface area contributed by atoms with E-state index in [0.29, 0.717) is 29.9 Å². The van der Waals surface area contributed by atoms with Crippen LogP contribution in [0.25, 0.3) is 0 Å². The molecule has 33 heavy (non-hydrogen) atoms. The first-order valence-corrected chi connectivity index (χ1v) is 11.3. The van der Waals surface area contributed by atoms with E-state index in [1.54, 1.807) is 12.1 Å². The molecular weight excluding hydrogens is 574 g/mol. The normalized spacial score (nSPS) is 9.85. The summed E-state index contributed by atoms with van der Waals surface area (Å²) in [5.41, 5.74) is 11.0. The van der Waals surface area contributed by atoms with Crippen molar-refractivity contribution >= 4 is 93.6 Å². The zero-order chi connectivity index (χ0) is 24.4. The summed E-state index contributed by atoms with van der Waals surface area (Å²) in [4.78, 5) is 15.0.